The summed E-state index contributed by atoms with van der Waals surface area (Å²) in [5.74, 6) is -1.49. The van der Waals surface area contributed by atoms with Gasteiger partial charge < -0.3 is 14.5 Å². The number of esters is 1. The molecule has 0 aliphatic carbocycles. The van der Waals surface area contributed by atoms with Crippen LogP contribution in [0.1, 0.15) is 23.0 Å². The number of hydrogen-bond acceptors (Lipinski definition) is 6. The van der Waals surface area contributed by atoms with E-state index in [1.165, 1.54) is 25.1 Å². The van der Waals surface area contributed by atoms with Gasteiger partial charge in [0, 0.05) is 21.5 Å². The molecule has 9 heteroatoms. The number of nitrogens with one attached hydrogen (secondary N) is 1. The summed E-state index contributed by atoms with van der Waals surface area (Å²) in [4.78, 5) is 35.2. The number of carbonyl (C=O) groups excluding carboxylic acids is 2. The summed E-state index contributed by atoms with van der Waals surface area (Å²) in [6.07, 6.45) is -1.19. The van der Waals surface area contributed by atoms with Crippen molar-refractivity contribution in [2.75, 3.05) is 5.32 Å². The van der Waals surface area contributed by atoms with Gasteiger partial charge in [0.25, 0.3) is 11.6 Å². The number of nitro benzene ring substituents is 1. The smallest absolute Gasteiger partial charge is 0.375 e. The quantitative estimate of drug-likeness (QED) is 0.348. The predicted octanol–water partition coefficient (Wildman–Crippen LogP) is 4.60. The lowest BCUT2D eigenvalue weighted by molar-refractivity contribution is -0.383. The number of furan rings is 1. The third-order valence-corrected chi connectivity index (χ3v) is 4.59. The molecule has 0 spiro atoms. The highest BCUT2D eigenvalue weighted by molar-refractivity contribution is 9.10. The van der Waals surface area contributed by atoms with E-state index in [1.54, 1.807) is 25.1 Å². The summed E-state index contributed by atoms with van der Waals surface area (Å²) in [6.45, 7) is 3.09. The third kappa shape index (κ3) is 3.89. The molecule has 2 aromatic carbocycles. The number of para-hydroxylation sites is 2. The van der Waals surface area contributed by atoms with Crippen LogP contribution < -0.4 is 5.32 Å². The van der Waals surface area contributed by atoms with E-state index >= 15 is 0 Å². The third-order valence-electron chi connectivity index (χ3n) is 4.10. The standard InChI is InChI=1S/C19H15BrN2O6/c1-10-13-9-12(20)7-8-16(13)28-17(10)19(24)27-11(2)18(23)21-14-5-3-4-6-15(14)22(25)26/h3-9,11H,1-2H3,(H,21,23). The number of ether oxygens (including phenoxy) is 1. The van der Waals surface area contributed by atoms with Crippen molar-refractivity contribution >= 4 is 50.2 Å². The molecule has 8 nitrogen and oxygen atoms in total. The highest BCUT2D eigenvalue weighted by Gasteiger charge is 2.25. The van der Waals surface area contributed by atoms with Gasteiger partial charge in [-0.3, -0.25) is 14.9 Å². The second-order valence-corrected chi connectivity index (χ2v) is 6.92. The summed E-state index contributed by atoms with van der Waals surface area (Å²) in [6, 6.07) is 11.0. The van der Waals surface area contributed by atoms with Crippen molar-refractivity contribution in [3.05, 3.63) is 68.4 Å². The molecule has 28 heavy (non-hydrogen) atoms. The average molecular weight is 447 g/mol. The molecule has 1 N–H and O–H groups in total. The van der Waals surface area contributed by atoms with E-state index in [0.717, 1.165) is 9.86 Å². The highest BCUT2D eigenvalue weighted by atomic mass is 79.9. The van der Waals surface area contributed by atoms with Crippen LogP contribution in [0.2, 0.25) is 0 Å². The minimum atomic E-state index is -1.19. The Bertz CT molecular complexity index is 1090. The molecule has 1 unspecified atom stereocenters. The molecule has 0 saturated carbocycles. The summed E-state index contributed by atoms with van der Waals surface area (Å²) in [5, 5.41) is 14.2. The topological polar surface area (TPSA) is 112 Å². The number of nitrogens with zero attached hydrogens (tertiary/aromatic N) is 1. The summed E-state index contributed by atoms with van der Waals surface area (Å²) < 4.78 is 11.6. The second-order valence-electron chi connectivity index (χ2n) is 6.01. The number of carbonyl (C=O) groups is 2. The van der Waals surface area contributed by atoms with Gasteiger partial charge in [-0.2, -0.15) is 0 Å². The zero-order valence-electron chi connectivity index (χ0n) is 14.9. The fourth-order valence-corrected chi connectivity index (χ4v) is 2.99. The van der Waals surface area contributed by atoms with Gasteiger partial charge in [-0.1, -0.05) is 28.1 Å². The zero-order valence-corrected chi connectivity index (χ0v) is 16.5. The van der Waals surface area contributed by atoms with Gasteiger partial charge in [0.1, 0.15) is 11.3 Å². The van der Waals surface area contributed by atoms with Crippen molar-refractivity contribution in [1.82, 2.24) is 0 Å². The number of rotatable bonds is 5. The van der Waals surface area contributed by atoms with Gasteiger partial charge in [-0.25, -0.2) is 4.79 Å². The van der Waals surface area contributed by atoms with Crippen LogP contribution in [-0.4, -0.2) is 22.9 Å². The van der Waals surface area contributed by atoms with Crippen molar-refractivity contribution < 1.29 is 23.7 Å². The van der Waals surface area contributed by atoms with Crippen molar-refractivity contribution in [3.63, 3.8) is 0 Å². The first kappa shape index (κ1) is 19.6. The Hall–Kier alpha value is -3.20. The Morgan fingerprint density at radius 3 is 2.68 bits per heavy atom. The van der Waals surface area contributed by atoms with Crippen LogP contribution in [-0.2, 0) is 9.53 Å². The normalized spacial score (nSPS) is 11.8. The Labute approximate surface area is 167 Å². The summed E-state index contributed by atoms with van der Waals surface area (Å²) >= 11 is 3.36. The van der Waals surface area contributed by atoms with E-state index < -0.39 is 22.9 Å². The van der Waals surface area contributed by atoms with Gasteiger partial charge in [-0.15, -0.1) is 0 Å². The predicted molar refractivity (Wildman–Crippen MR) is 105 cm³/mol. The van der Waals surface area contributed by atoms with Crippen molar-refractivity contribution in [2.24, 2.45) is 0 Å². The maximum atomic E-state index is 12.4. The van der Waals surface area contributed by atoms with Crippen LogP contribution >= 0.6 is 15.9 Å². The first-order valence-electron chi connectivity index (χ1n) is 8.22. The lowest BCUT2D eigenvalue weighted by atomic mass is 10.1. The zero-order chi connectivity index (χ0) is 20.4. The first-order chi connectivity index (χ1) is 13.3. The lowest BCUT2D eigenvalue weighted by Crippen LogP contribution is -2.30. The molecule has 0 bridgehead atoms. The molecule has 1 heterocycles. The fraction of sp³-hybridized carbons (Fsp3) is 0.158. The van der Waals surface area contributed by atoms with Gasteiger partial charge >= 0.3 is 5.97 Å². The Morgan fingerprint density at radius 1 is 1.25 bits per heavy atom. The van der Waals surface area contributed by atoms with E-state index in [1.807, 2.05) is 6.07 Å². The number of benzene rings is 2. The van der Waals surface area contributed by atoms with Gasteiger partial charge in [0.2, 0.25) is 5.76 Å². The van der Waals surface area contributed by atoms with E-state index in [0.29, 0.717) is 11.1 Å². The number of amides is 1. The van der Waals surface area contributed by atoms with Crippen LogP contribution in [0.15, 0.2) is 51.4 Å². The highest BCUT2D eigenvalue weighted by Crippen LogP contribution is 2.29. The molecule has 3 aromatic rings. The number of anilines is 1. The number of nitro groups is 1. The molecule has 144 valence electrons. The molecule has 0 aliphatic heterocycles. The minimum absolute atomic E-state index is 0.00144. The molecule has 1 amide bonds. The van der Waals surface area contributed by atoms with Crippen molar-refractivity contribution in [3.8, 4) is 0 Å². The fourth-order valence-electron chi connectivity index (χ4n) is 2.63. The van der Waals surface area contributed by atoms with E-state index in [4.69, 9.17) is 9.15 Å². The van der Waals surface area contributed by atoms with Crippen LogP contribution in [0.4, 0.5) is 11.4 Å². The van der Waals surface area contributed by atoms with Crippen LogP contribution in [0.25, 0.3) is 11.0 Å². The summed E-state index contributed by atoms with van der Waals surface area (Å²) in [5.41, 5.74) is 0.871. The molecule has 1 atom stereocenters. The van der Waals surface area contributed by atoms with Gasteiger partial charge in [0.05, 0.1) is 4.92 Å². The van der Waals surface area contributed by atoms with E-state index in [9.17, 15) is 19.7 Å². The molecule has 0 saturated heterocycles. The maximum absolute atomic E-state index is 12.4. The molecular weight excluding hydrogens is 432 g/mol. The van der Waals surface area contributed by atoms with Gasteiger partial charge in [-0.05, 0) is 38.1 Å². The van der Waals surface area contributed by atoms with Crippen LogP contribution in [0, 0.1) is 17.0 Å². The number of halogens is 1. The number of fused-ring (bicyclic) bond motifs is 1. The van der Waals surface area contributed by atoms with E-state index in [2.05, 4.69) is 21.2 Å². The SMILES string of the molecule is Cc1c(C(=O)OC(C)C(=O)Nc2ccccc2[N+](=O)[O-])oc2ccc(Br)cc12. The first-order valence-corrected chi connectivity index (χ1v) is 9.01. The molecule has 0 aliphatic rings. The van der Waals surface area contributed by atoms with Crippen LogP contribution in [0.5, 0.6) is 0 Å². The molecule has 3 rings (SSSR count). The largest absolute Gasteiger partial charge is 0.449 e. The van der Waals surface area contributed by atoms with Crippen molar-refractivity contribution in [2.45, 2.75) is 20.0 Å². The number of aryl methyl sites for hydroxylation is 1. The van der Waals surface area contributed by atoms with E-state index in [-0.39, 0.29) is 17.1 Å². The summed E-state index contributed by atoms with van der Waals surface area (Å²) in [7, 11) is 0. The average Bonchev–Trinajstić information content (AvgIpc) is 2.98. The molecular formula is C19H15BrN2O6. The Balaban J connectivity index is 1.75. The molecule has 0 fully saturated rings. The van der Waals surface area contributed by atoms with Gasteiger partial charge in [0.15, 0.2) is 6.10 Å². The Morgan fingerprint density at radius 2 is 1.96 bits per heavy atom. The Kier molecular flexibility index (Phi) is 5.46. The minimum Gasteiger partial charge on any atom is -0.449 e. The second kappa shape index (κ2) is 7.81. The number of hydrogen-bond donors (Lipinski definition) is 1. The van der Waals surface area contributed by atoms with Crippen LogP contribution in [0.3, 0.4) is 0 Å². The lowest BCUT2D eigenvalue weighted by Gasteiger charge is -2.13. The molecule has 0 radical (unpaired) electrons. The van der Waals surface area contributed by atoms with Crippen molar-refractivity contribution in [1.29, 1.82) is 0 Å². The molecule has 1 aromatic heterocycles. The monoisotopic (exact) mass is 446 g/mol. The maximum Gasteiger partial charge on any atom is 0.375 e.